The molecule has 3 nitrogen and oxygen atoms in total. The molecule has 0 saturated carbocycles. The molecule has 0 aromatic heterocycles. The number of anilines is 1. The van der Waals surface area contributed by atoms with Gasteiger partial charge in [0.25, 0.3) is 0 Å². The van der Waals surface area contributed by atoms with E-state index in [1.54, 1.807) is 12.1 Å². The first kappa shape index (κ1) is 8.26. The van der Waals surface area contributed by atoms with Crippen LogP contribution in [0.4, 0.5) is 5.69 Å². The Kier molecular flexibility index (Phi) is 2.02. The lowest BCUT2D eigenvalue weighted by atomic mass is 10.1. The second kappa shape index (κ2) is 3.18. The van der Waals surface area contributed by atoms with Gasteiger partial charge in [-0.1, -0.05) is 0 Å². The van der Waals surface area contributed by atoms with Crippen LogP contribution in [0.25, 0.3) is 0 Å². The van der Waals surface area contributed by atoms with Gasteiger partial charge in [0.05, 0.1) is 6.10 Å². The van der Waals surface area contributed by atoms with Gasteiger partial charge < -0.3 is 10.0 Å². The second-order valence-corrected chi connectivity index (χ2v) is 3.27. The summed E-state index contributed by atoms with van der Waals surface area (Å²) in [4.78, 5) is 12.4. The first-order valence-corrected chi connectivity index (χ1v) is 4.28. The highest BCUT2D eigenvalue weighted by Crippen LogP contribution is 2.20. The number of carbonyl (C=O) groups excluding carboxylic acids is 1. The van der Waals surface area contributed by atoms with E-state index in [-0.39, 0.29) is 6.10 Å². The van der Waals surface area contributed by atoms with Crippen molar-refractivity contribution in [3.05, 3.63) is 29.8 Å². The van der Waals surface area contributed by atoms with Crippen molar-refractivity contribution in [3.63, 3.8) is 0 Å². The second-order valence-electron chi connectivity index (χ2n) is 3.27. The van der Waals surface area contributed by atoms with Crippen LogP contribution in [0, 0.1) is 0 Å². The van der Waals surface area contributed by atoms with Crippen molar-refractivity contribution in [2.75, 3.05) is 18.0 Å². The van der Waals surface area contributed by atoms with Crippen LogP contribution in [0.1, 0.15) is 10.4 Å². The van der Waals surface area contributed by atoms with Gasteiger partial charge in [0.15, 0.2) is 0 Å². The molecular formula is C10H11NO2. The zero-order valence-electron chi connectivity index (χ0n) is 7.18. The van der Waals surface area contributed by atoms with Crippen LogP contribution in [0.15, 0.2) is 24.3 Å². The highest BCUT2D eigenvalue weighted by molar-refractivity contribution is 5.75. The molecule has 68 valence electrons. The SMILES string of the molecule is O=Cc1ccc(N2CC(O)C2)cc1. The summed E-state index contributed by atoms with van der Waals surface area (Å²) in [6.45, 7) is 1.39. The van der Waals surface area contributed by atoms with Crippen LogP contribution >= 0.6 is 0 Å². The number of carbonyl (C=O) groups is 1. The van der Waals surface area contributed by atoms with Crippen molar-refractivity contribution in [2.45, 2.75) is 6.10 Å². The number of aliphatic hydroxyl groups excluding tert-OH is 1. The van der Waals surface area contributed by atoms with Crippen molar-refractivity contribution in [1.82, 2.24) is 0 Å². The number of aliphatic hydroxyl groups is 1. The monoisotopic (exact) mass is 177 g/mol. The fraction of sp³-hybridized carbons (Fsp3) is 0.300. The molecule has 0 bridgehead atoms. The van der Waals surface area contributed by atoms with Crippen LogP contribution in [0.2, 0.25) is 0 Å². The largest absolute Gasteiger partial charge is 0.389 e. The number of rotatable bonds is 2. The van der Waals surface area contributed by atoms with Gasteiger partial charge in [-0.2, -0.15) is 0 Å². The zero-order chi connectivity index (χ0) is 9.26. The van der Waals surface area contributed by atoms with Gasteiger partial charge in [-0.25, -0.2) is 0 Å². The molecule has 13 heavy (non-hydrogen) atoms. The fourth-order valence-corrected chi connectivity index (χ4v) is 1.43. The summed E-state index contributed by atoms with van der Waals surface area (Å²) in [5.41, 5.74) is 1.75. The molecule has 1 aliphatic rings. The highest BCUT2D eigenvalue weighted by Gasteiger charge is 2.23. The van der Waals surface area contributed by atoms with Gasteiger partial charge in [-0.15, -0.1) is 0 Å². The minimum absolute atomic E-state index is 0.189. The van der Waals surface area contributed by atoms with E-state index in [1.807, 2.05) is 12.1 Å². The molecule has 1 N–H and O–H groups in total. The van der Waals surface area contributed by atoms with Gasteiger partial charge >= 0.3 is 0 Å². The summed E-state index contributed by atoms with van der Waals surface area (Å²) in [6, 6.07) is 7.37. The molecule has 0 atom stereocenters. The normalized spacial score (nSPS) is 16.8. The Morgan fingerprint density at radius 1 is 1.31 bits per heavy atom. The van der Waals surface area contributed by atoms with E-state index in [0.717, 1.165) is 12.0 Å². The minimum Gasteiger partial charge on any atom is -0.389 e. The zero-order valence-corrected chi connectivity index (χ0v) is 7.18. The van der Waals surface area contributed by atoms with E-state index in [2.05, 4.69) is 4.90 Å². The van der Waals surface area contributed by atoms with Crippen molar-refractivity contribution in [3.8, 4) is 0 Å². The maximum Gasteiger partial charge on any atom is 0.150 e. The lowest BCUT2D eigenvalue weighted by molar-refractivity contribution is 0.112. The fourth-order valence-electron chi connectivity index (χ4n) is 1.43. The molecule has 1 heterocycles. The topological polar surface area (TPSA) is 40.5 Å². The molecule has 0 amide bonds. The van der Waals surface area contributed by atoms with E-state index >= 15 is 0 Å². The third-order valence-electron chi connectivity index (χ3n) is 2.26. The Morgan fingerprint density at radius 3 is 2.38 bits per heavy atom. The number of nitrogens with zero attached hydrogens (tertiary/aromatic N) is 1. The maximum absolute atomic E-state index is 10.4. The van der Waals surface area contributed by atoms with E-state index < -0.39 is 0 Å². The summed E-state index contributed by atoms with van der Waals surface area (Å²) in [5.74, 6) is 0. The van der Waals surface area contributed by atoms with Gasteiger partial charge in [-0.05, 0) is 24.3 Å². The molecule has 0 aliphatic carbocycles. The molecule has 1 saturated heterocycles. The standard InChI is InChI=1S/C10H11NO2/c12-7-8-1-3-9(4-2-8)11-5-10(13)6-11/h1-4,7,10,13H,5-6H2. The van der Waals surface area contributed by atoms with Gasteiger partial charge in [-0.3, -0.25) is 4.79 Å². The van der Waals surface area contributed by atoms with E-state index in [1.165, 1.54) is 0 Å². The van der Waals surface area contributed by atoms with E-state index in [9.17, 15) is 4.79 Å². The first-order valence-electron chi connectivity index (χ1n) is 4.28. The van der Waals surface area contributed by atoms with Crippen molar-refractivity contribution >= 4 is 12.0 Å². The average molecular weight is 177 g/mol. The van der Waals surface area contributed by atoms with E-state index in [0.29, 0.717) is 18.7 Å². The number of benzene rings is 1. The molecule has 1 fully saturated rings. The first-order chi connectivity index (χ1) is 6.29. The number of aldehydes is 1. The molecule has 2 rings (SSSR count). The Balaban J connectivity index is 2.10. The molecule has 0 radical (unpaired) electrons. The van der Waals surface area contributed by atoms with Gasteiger partial charge in [0.2, 0.25) is 0 Å². The van der Waals surface area contributed by atoms with Crippen molar-refractivity contribution < 1.29 is 9.90 Å². The predicted molar refractivity (Wildman–Crippen MR) is 50.0 cm³/mol. The lowest BCUT2D eigenvalue weighted by Gasteiger charge is -2.37. The summed E-state index contributed by atoms with van der Waals surface area (Å²) < 4.78 is 0. The third-order valence-corrected chi connectivity index (χ3v) is 2.26. The van der Waals surface area contributed by atoms with Crippen molar-refractivity contribution in [1.29, 1.82) is 0 Å². The van der Waals surface area contributed by atoms with Crippen LogP contribution in [0.3, 0.4) is 0 Å². The molecule has 1 aromatic rings. The quantitative estimate of drug-likeness (QED) is 0.675. The Labute approximate surface area is 76.6 Å². The summed E-state index contributed by atoms with van der Waals surface area (Å²) in [6.07, 6.45) is 0.639. The summed E-state index contributed by atoms with van der Waals surface area (Å²) >= 11 is 0. The number of β-amino-alcohol motifs (C(OH)–C–C–N with tert-alkyl or cyclic N) is 1. The molecule has 1 aromatic carbocycles. The number of hydrogen-bond donors (Lipinski definition) is 1. The van der Waals surface area contributed by atoms with Gasteiger partial charge in [0.1, 0.15) is 6.29 Å². The Bertz CT molecular complexity index is 301. The predicted octanol–water partition coefficient (Wildman–Crippen LogP) is 0.680. The average Bonchev–Trinajstić information content (AvgIpc) is 2.13. The maximum atomic E-state index is 10.4. The van der Waals surface area contributed by atoms with Crippen molar-refractivity contribution in [2.24, 2.45) is 0 Å². The third kappa shape index (κ3) is 1.55. The molecule has 1 aliphatic heterocycles. The summed E-state index contributed by atoms with van der Waals surface area (Å²) in [7, 11) is 0. The molecule has 0 spiro atoms. The highest BCUT2D eigenvalue weighted by atomic mass is 16.3. The molecular weight excluding hydrogens is 166 g/mol. The van der Waals surface area contributed by atoms with Gasteiger partial charge in [0, 0.05) is 24.3 Å². The Hall–Kier alpha value is -1.35. The minimum atomic E-state index is -0.189. The molecule has 0 unspecified atom stereocenters. The van der Waals surface area contributed by atoms with Crippen LogP contribution in [-0.4, -0.2) is 30.6 Å². The van der Waals surface area contributed by atoms with Crippen LogP contribution < -0.4 is 4.90 Å². The van der Waals surface area contributed by atoms with Crippen LogP contribution in [0.5, 0.6) is 0 Å². The lowest BCUT2D eigenvalue weighted by Crippen LogP contribution is -2.50. The number of hydrogen-bond acceptors (Lipinski definition) is 3. The molecule has 3 heteroatoms. The Morgan fingerprint density at radius 2 is 1.92 bits per heavy atom. The van der Waals surface area contributed by atoms with Crippen LogP contribution in [-0.2, 0) is 0 Å². The smallest absolute Gasteiger partial charge is 0.150 e. The van der Waals surface area contributed by atoms with E-state index in [4.69, 9.17) is 5.11 Å². The summed E-state index contributed by atoms with van der Waals surface area (Å²) in [5, 5.41) is 9.08.